The van der Waals surface area contributed by atoms with Crippen LogP contribution in [0.2, 0.25) is 0 Å². The van der Waals surface area contributed by atoms with Gasteiger partial charge >= 0.3 is 6.69 Å². The Morgan fingerprint density at radius 2 is 1.81 bits per heavy atom. The van der Waals surface area contributed by atoms with Crippen LogP contribution in [0.1, 0.15) is 10.4 Å². The molecule has 0 radical (unpaired) electrons. The van der Waals surface area contributed by atoms with Crippen LogP contribution >= 0.6 is 0 Å². The number of nitrogens with zero attached hydrogens (tertiary/aromatic N) is 1. The molecule has 2 aliphatic heterocycles. The molecule has 2 fully saturated rings. The van der Waals surface area contributed by atoms with E-state index in [4.69, 9.17) is 14.0 Å². The number of carbonyl (C=O) groups excluding carboxylic acids is 1. The first-order valence-corrected chi connectivity index (χ1v) is 9.09. The average Bonchev–Trinajstić information content (AvgIpc) is 3.23. The first-order valence-electron chi connectivity index (χ1n) is 9.09. The normalized spacial score (nSPS) is 26.6. The second-order valence-electron chi connectivity index (χ2n) is 7.03. The van der Waals surface area contributed by atoms with Crippen molar-refractivity contribution in [2.45, 2.75) is 0 Å². The quantitative estimate of drug-likeness (QED) is 0.762. The second-order valence-corrected chi connectivity index (χ2v) is 7.03. The Bertz CT molecular complexity index is 832. The van der Waals surface area contributed by atoms with Gasteiger partial charge in [-0.15, -0.1) is 0 Å². The third-order valence-electron chi connectivity index (χ3n) is 5.72. The van der Waals surface area contributed by atoms with Gasteiger partial charge in [-0.2, -0.15) is 0 Å². The topological polar surface area (TPSA) is 77.0 Å². The maximum absolute atomic E-state index is 12.6. The Kier molecular flexibility index (Phi) is 4.55. The van der Waals surface area contributed by atoms with Crippen molar-refractivity contribution in [3.05, 3.63) is 54.1 Å². The van der Waals surface area contributed by atoms with Gasteiger partial charge in [-0.25, -0.2) is 0 Å². The van der Waals surface area contributed by atoms with E-state index in [2.05, 4.69) is 5.32 Å². The van der Waals surface area contributed by atoms with Gasteiger partial charge in [0.1, 0.15) is 18.2 Å². The Morgan fingerprint density at radius 1 is 1.15 bits per heavy atom. The van der Waals surface area contributed by atoms with Crippen LogP contribution in [0, 0.1) is 0 Å². The van der Waals surface area contributed by atoms with Crippen LogP contribution in [0.15, 0.2) is 48.5 Å². The molecule has 0 aromatic heterocycles. The molecule has 0 aliphatic carbocycles. The molecule has 2 aromatic carbocycles. The van der Waals surface area contributed by atoms with E-state index in [1.807, 2.05) is 24.3 Å². The van der Waals surface area contributed by atoms with Gasteiger partial charge in [0.25, 0.3) is 5.91 Å². The summed E-state index contributed by atoms with van der Waals surface area (Å²) in [4.78, 5) is 12.6. The molecule has 2 heterocycles. The van der Waals surface area contributed by atoms with Crippen LogP contribution in [-0.4, -0.2) is 62.2 Å². The number of aromatic hydroxyl groups is 1. The molecule has 2 aliphatic rings. The maximum Gasteiger partial charge on any atom is 0.504 e. The number of methoxy groups -OCH3 is 1. The summed E-state index contributed by atoms with van der Waals surface area (Å²) in [6.45, 7) is 1.28. The van der Waals surface area contributed by atoms with Crippen molar-refractivity contribution in [1.29, 1.82) is 0 Å². The third-order valence-corrected chi connectivity index (χ3v) is 5.72. The molecule has 27 heavy (non-hydrogen) atoms. The fourth-order valence-corrected chi connectivity index (χ4v) is 4.23. The number of hydrogen-bond donors (Lipinski definition) is 2. The van der Waals surface area contributed by atoms with Crippen molar-refractivity contribution in [3.8, 4) is 11.5 Å². The van der Waals surface area contributed by atoms with Crippen molar-refractivity contribution in [1.82, 2.24) is 5.32 Å². The first kappa shape index (κ1) is 17.8. The van der Waals surface area contributed by atoms with Crippen LogP contribution in [0.25, 0.3) is 0 Å². The summed E-state index contributed by atoms with van der Waals surface area (Å²) in [5.41, 5.74) is 1.22. The molecule has 0 spiro atoms. The molecule has 0 bridgehead atoms. The third kappa shape index (κ3) is 2.86. The SMILES string of the molecule is COc1ccc([B-]23OCC[N+]2(CNC(=O)c2ccccc2O)CCO3)cc1. The molecule has 4 rings (SSSR count). The highest BCUT2D eigenvalue weighted by Gasteiger charge is 2.59. The van der Waals surface area contributed by atoms with E-state index in [9.17, 15) is 9.90 Å². The highest BCUT2D eigenvalue weighted by molar-refractivity contribution is 6.75. The van der Waals surface area contributed by atoms with Crippen LogP contribution in [0.4, 0.5) is 0 Å². The minimum atomic E-state index is -1.74. The number of quaternary nitrogens is 1. The number of rotatable bonds is 5. The molecular weight excluding hydrogens is 347 g/mol. The van der Waals surface area contributed by atoms with E-state index in [1.165, 1.54) is 6.07 Å². The van der Waals surface area contributed by atoms with Crippen molar-refractivity contribution >= 4 is 18.1 Å². The molecule has 7 nitrogen and oxygen atoms in total. The van der Waals surface area contributed by atoms with Crippen LogP contribution in [0.3, 0.4) is 0 Å². The fraction of sp³-hybridized carbons (Fsp3) is 0.316. The van der Waals surface area contributed by atoms with Gasteiger partial charge in [0, 0.05) is 0 Å². The lowest BCUT2D eigenvalue weighted by atomic mass is 9.61. The largest absolute Gasteiger partial charge is 0.507 e. The predicted molar refractivity (Wildman–Crippen MR) is 101 cm³/mol. The Morgan fingerprint density at radius 3 is 2.44 bits per heavy atom. The second kappa shape index (κ2) is 6.88. The van der Waals surface area contributed by atoms with Crippen molar-refractivity contribution < 1.29 is 28.3 Å². The number of phenolic OH excluding ortho intramolecular Hbond substituents is 1. The van der Waals surface area contributed by atoms with E-state index in [1.54, 1.807) is 25.3 Å². The molecule has 142 valence electrons. The zero-order chi connectivity index (χ0) is 18.9. The van der Waals surface area contributed by atoms with E-state index in [-0.39, 0.29) is 17.2 Å². The molecular formula is C19H23BN2O5. The number of benzene rings is 2. The summed E-state index contributed by atoms with van der Waals surface area (Å²) in [5, 5.41) is 12.9. The number of fused-ring (bicyclic) bond motifs is 1. The fourth-order valence-electron chi connectivity index (χ4n) is 4.23. The zero-order valence-corrected chi connectivity index (χ0v) is 15.3. The zero-order valence-electron chi connectivity index (χ0n) is 15.3. The highest BCUT2D eigenvalue weighted by Crippen LogP contribution is 2.34. The number of nitrogens with one attached hydrogen (secondary N) is 1. The average molecular weight is 370 g/mol. The number of hydrogen-bond acceptors (Lipinski definition) is 5. The van der Waals surface area contributed by atoms with Crippen molar-refractivity contribution in [2.75, 3.05) is 40.1 Å². The van der Waals surface area contributed by atoms with Gasteiger partial charge in [-0.1, -0.05) is 29.7 Å². The molecule has 8 heteroatoms. The maximum atomic E-state index is 12.6. The summed E-state index contributed by atoms with van der Waals surface area (Å²) in [6.07, 6.45) is 0. The molecule has 2 N–H and O–H groups in total. The van der Waals surface area contributed by atoms with Crippen LogP contribution < -0.4 is 15.5 Å². The monoisotopic (exact) mass is 370 g/mol. The van der Waals surface area contributed by atoms with Gasteiger partial charge in [-0.05, 0) is 24.3 Å². The first-order chi connectivity index (χ1) is 13.1. The molecule has 0 unspecified atom stereocenters. The van der Waals surface area contributed by atoms with Crippen molar-refractivity contribution in [2.24, 2.45) is 0 Å². The van der Waals surface area contributed by atoms with Gasteiger partial charge in [0.05, 0.1) is 39.0 Å². The Labute approximate surface area is 158 Å². The number of para-hydroxylation sites is 1. The lowest BCUT2D eigenvalue weighted by Gasteiger charge is -2.47. The van der Waals surface area contributed by atoms with E-state index in [0.717, 1.165) is 24.3 Å². The molecule has 2 saturated heterocycles. The summed E-state index contributed by atoms with van der Waals surface area (Å²) in [6, 6.07) is 14.2. The van der Waals surface area contributed by atoms with Crippen LogP contribution in [0.5, 0.6) is 11.5 Å². The van der Waals surface area contributed by atoms with Gasteiger partial charge in [0.2, 0.25) is 0 Å². The van der Waals surface area contributed by atoms with E-state index >= 15 is 0 Å². The van der Waals surface area contributed by atoms with Crippen LogP contribution in [-0.2, 0) is 9.31 Å². The number of carbonyl (C=O) groups is 1. The van der Waals surface area contributed by atoms with Gasteiger partial charge in [0.15, 0.2) is 0 Å². The molecule has 1 amide bonds. The summed E-state index contributed by atoms with van der Waals surface area (Å²) in [7, 11) is 1.63. The minimum Gasteiger partial charge on any atom is -0.507 e. The number of ether oxygens (including phenoxy) is 1. The van der Waals surface area contributed by atoms with E-state index < -0.39 is 6.69 Å². The summed E-state index contributed by atoms with van der Waals surface area (Å²) >= 11 is 0. The lowest BCUT2D eigenvalue weighted by molar-refractivity contribution is -0.822. The molecule has 0 saturated carbocycles. The summed E-state index contributed by atoms with van der Waals surface area (Å²) < 4.78 is 18.1. The van der Waals surface area contributed by atoms with Crippen molar-refractivity contribution in [3.63, 3.8) is 0 Å². The predicted octanol–water partition coefficient (Wildman–Crippen LogP) is 0.811. The molecule has 0 atom stereocenters. The van der Waals surface area contributed by atoms with E-state index in [0.29, 0.717) is 24.3 Å². The highest BCUT2D eigenvalue weighted by atomic mass is 16.6. The smallest absolute Gasteiger partial charge is 0.504 e. The van der Waals surface area contributed by atoms with Gasteiger partial charge < -0.3 is 28.9 Å². The lowest BCUT2D eigenvalue weighted by Crippen LogP contribution is -2.71. The minimum absolute atomic E-state index is 0.0303. The molecule has 2 aromatic rings. The Hall–Kier alpha value is -2.55. The standard InChI is InChI=1S/C19H23BN2O5/c1-25-16-8-6-15(7-9-16)20-22(10-12-26-20,11-13-27-20)14-21-19(24)17-4-2-3-5-18(17)23/h2-9,23H,10-14H2,1H3,(H,21,24). The Balaban J connectivity index is 1.58. The number of amides is 1. The number of phenols is 1. The van der Waals surface area contributed by atoms with Gasteiger partial charge in [-0.3, -0.25) is 4.79 Å². The summed E-state index contributed by atoms with van der Waals surface area (Å²) in [5.74, 6) is 0.434.